The molecule has 0 aliphatic carbocycles. The molecule has 0 saturated carbocycles. The van der Waals surface area contributed by atoms with Gasteiger partial charge in [-0.3, -0.25) is 15.1 Å². The summed E-state index contributed by atoms with van der Waals surface area (Å²) in [6, 6.07) is 5.69. The van der Waals surface area contributed by atoms with E-state index in [0.717, 1.165) is 29.1 Å². The third-order valence-electron chi connectivity index (χ3n) is 3.88. The molecule has 28 heavy (non-hydrogen) atoms. The number of thiazole rings is 1. The van der Waals surface area contributed by atoms with E-state index in [1.165, 1.54) is 28.5 Å². The number of hydrogen-bond acceptors (Lipinski definition) is 8. The van der Waals surface area contributed by atoms with E-state index < -0.39 is 0 Å². The van der Waals surface area contributed by atoms with Gasteiger partial charge >= 0.3 is 0 Å². The highest BCUT2D eigenvalue weighted by Gasteiger charge is 2.19. The van der Waals surface area contributed by atoms with Crippen LogP contribution in [0.2, 0.25) is 0 Å². The lowest BCUT2D eigenvalue weighted by atomic mass is 10.2. The summed E-state index contributed by atoms with van der Waals surface area (Å²) in [6.07, 6.45) is 9.47. The smallest absolute Gasteiger partial charge is 0.277 e. The number of hydrogen-bond donors (Lipinski definition) is 1. The van der Waals surface area contributed by atoms with E-state index in [1.54, 1.807) is 18.6 Å². The Morgan fingerprint density at radius 1 is 1.21 bits per heavy atom. The molecule has 0 aliphatic rings. The molecule has 4 aromatic rings. The monoisotopic (exact) mass is 392 g/mol. The zero-order valence-electron chi connectivity index (χ0n) is 15.0. The Balaban J connectivity index is 1.62. The second-order valence-electron chi connectivity index (χ2n) is 5.84. The van der Waals surface area contributed by atoms with Gasteiger partial charge in [-0.25, -0.2) is 19.6 Å². The van der Waals surface area contributed by atoms with Gasteiger partial charge < -0.3 is 0 Å². The van der Waals surface area contributed by atoms with Crippen molar-refractivity contribution < 1.29 is 4.79 Å². The molecule has 0 aliphatic heterocycles. The average Bonchev–Trinajstić information content (AvgIpc) is 3.37. The van der Waals surface area contributed by atoms with E-state index >= 15 is 0 Å². The standard InChI is InChI=1S/C18H16N8OS/c1-2-5-15-16(13-6-3-4-7-21-13)23-18(28-15)24-17(27)14-10-22-25-26(14)12-8-19-11-20-9-12/h3-4,6-11H,2,5H2,1H3,(H,23,24,27). The lowest BCUT2D eigenvalue weighted by molar-refractivity contribution is 0.101. The van der Waals surface area contributed by atoms with Gasteiger partial charge in [-0.05, 0) is 18.6 Å². The number of anilines is 1. The van der Waals surface area contributed by atoms with Crippen LogP contribution in [0.15, 0.2) is 49.3 Å². The Labute approximate surface area is 164 Å². The zero-order valence-corrected chi connectivity index (χ0v) is 15.8. The number of carbonyl (C=O) groups excluding carboxylic acids is 1. The molecule has 9 nitrogen and oxygen atoms in total. The molecular weight excluding hydrogens is 376 g/mol. The fourth-order valence-corrected chi connectivity index (χ4v) is 3.71. The van der Waals surface area contributed by atoms with Crippen LogP contribution in [0.25, 0.3) is 17.1 Å². The molecule has 0 aromatic carbocycles. The maximum absolute atomic E-state index is 12.8. The summed E-state index contributed by atoms with van der Waals surface area (Å²) in [5.74, 6) is -0.363. The number of pyridine rings is 1. The minimum atomic E-state index is -0.363. The van der Waals surface area contributed by atoms with Crippen LogP contribution in [0, 0.1) is 0 Å². The van der Waals surface area contributed by atoms with Gasteiger partial charge in [0.1, 0.15) is 17.7 Å². The molecule has 0 saturated heterocycles. The van der Waals surface area contributed by atoms with Gasteiger partial charge in [-0.15, -0.1) is 16.4 Å². The zero-order chi connectivity index (χ0) is 19.3. The first-order chi connectivity index (χ1) is 13.8. The Morgan fingerprint density at radius 2 is 2.07 bits per heavy atom. The van der Waals surface area contributed by atoms with E-state index in [0.29, 0.717) is 10.8 Å². The summed E-state index contributed by atoms with van der Waals surface area (Å²) in [5, 5.41) is 11.1. The number of aryl methyl sites for hydroxylation is 1. The quantitative estimate of drug-likeness (QED) is 0.537. The molecule has 1 N–H and O–H groups in total. The SMILES string of the molecule is CCCc1sc(NC(=O)c2cnnn2-c2cncnc2)nc1-c1ccccn1. The van der Waals surface area contributed by atoms with E-state index in [2.05, 4.69) is 42.5 Å². The van der Waals surface area contributed by atoms with E-state index in [-0.39, 0.29) is 11.6 Å². The largest absolute Gasteiger partial charge is 0.296 e. The minimum Gasteiger partial charge on any atom is -0.296 e. The molecule has 140 valence electrons. The van der Waals surface area contributed by atoms with Crippen molar-refractivity contribution in [3.63, 3.8) is 0 Å². The van der Waals surface area contributed by atoms with Crippen molar-refractivity contribution in [1.82, 2.24) is 34.9 Å². The normalized spacial score (nSPS) is 10.8. The molecule has 4 heterocycles. The third-order valence-corrected chi connectivity index (χ3v) is 4.91. The molecule has 0 atom stereocenters. The van der Waals surface area contributed by atoms with Crippen LogP contribution in [0.3, 0.4) is 0 Å². The van der Waals surface area contributed by atoms with Crippen molar-refractivity contribution in [1.29, 1.82) is 0 Å². The van der Waals surface area contributed by atoms with Gasteiger partial charge in [0.2, 0.25) is 0 Å². The van der Waals surface area contributed by atoms with Crippen LogP contribution >= 0.6 is 11.3 Å². The summed E-state index contributed by atoms with van der Waals surface area (Å²) in [4.78, 5) is 30.7. The number of rotatable bonds is 6. The second-order valence-corrected chi connectivity index (χ2v) is 6.92. The number of amides is 1. The fraction of sp³-hybridized carbons (Fsp3) is 0.167. The van der Waals surface area contributed by atoms with Gasteiger partial charge in [-0.2, -0.15) is 0 Å². The molecule has 10 heteroatoms. The van der Waals surface area contributed by atoms with Gasteiger partial charge in [-0.1, -0.05) is 24.6 Å². The molecule has 0 spiro atoms. The first kappa shape index (κ1) is 17.9. The average molecular weight is 392 g/mol. The van der Waals surface area contributed by atoms with Gasteiger partial charge in [0.25, 0.3) is 5.91 Å². The summed E-state index contributed by atoms with van der Waals surface area (Å²) in [5.41, 5.74) is 2.40. The molecule has 4 rings (SSSR count). The fourth-order valence-electron chi connectivity index (χ4n) is 2.65. The number of nitrogens with one attached hydrogen (secondary N) is 1. The molecule has 0 unspecified atom stereocenters. The second kappa shape index (κ2) is 8.01. The molecular formula is C18H16N8OS. The molecule has 1 amide bonds. The van der Waals surface area contributed by atoms with E-state index in [4.69, 9.17) is 0 Å². The first-order valence-electron chi connectivity index (χ1n) is 8.64. The molecule has 0 bridgehead atoms. The molecule has 4 aromatic heterocycles. The number of aromatic nitrogens is 7. The Hall–Kier alpha value is -3.53. The predicted molar refractivity (Wildman–Crippen MR) is 104 cm³/mol. The van der Waals surface area contributed by atoms with Crippen LogP contribution in [0.1, 0.15) is 28.7 Å². The third kappa shape index (κ3) is 3.62. The van der Waals surface area contributed by atoms with Crippen molar-refractivity contribution in [3.05, 3.63) is 59.9 Å². The highest BCUT2D eigenvalue weighted by Crippen LogP contribution is 2.31. The van der Waals surface area contributed by atoms with Gasteiger partial charge in [0.05, 0.1) is 24.3 Å². The highest BCUT2D eigenvalue weighted by atomic mass is 32.1. The first-order valence-corrected chi connectivity index (χ1v) is 9.46. The van der Waals surface area contributed by atoms with Crippen LogP contribution in [0.4, 0.5) is 5.13 Å². The van der Waals surface area contributed by atoms with Crippen LogP contribution in [-0.2, 0) is 6.42 Å². The van der Waals surface area contributed by atoms with Crippen LogP contribution in [-0.4, -0.2) is 40.8 Å². The van der Waals surface area contributed by atoms with Crippen molar-refractivity contribution in [3.8, 4) is 17.1 Å². The summed E-state index contributed by atoms with van der Waals surface area (Å²) in [6.45, 7) is 2.10. The number of nitrogens with zero attached hydrogens (tertiary/aromatic N) is 7. The van der Waals surface area contributed by atoms with Crippen LogP contribution < -0.4 is 5.32 Å². The van der Waals surface area contributed by atoms with Crippen molar-refractivity contribution in [2.45, 2.75) is 19.8 Å². The maximum Gasteiger partial charge on any atom is 0.277 e. The van der Waals surface area contributed by atoms with Gasteiger partial charge in [0, 0.05) is 11.1 Å². The molecule has 0 fully saturated rings. The summed E-state index contributed by atoms with van der Waals surface area (Å²) >= 11 is 1.45. The van der Waals surface area contributed by atoms with E-state index in [9.17, 15) is 4.79 Å². The van der Waals surface area contributed by atoms with Crippen molar-refractivity contribution in [2.75, 3.05) is 5.32 Å². The number of carbonyl (C=O) groups is 1. The topological polar surface area (TPSA) is 111 Å². The molecule has 0 radical (unpaired) electrons. The summed E-state index contributed by atoms with van der Waals surface area (Å²) in [7, 11) is 0. The van der Waals surface area contributed by atoms with Gasteiger partial charge in [0.15, 0.2) is 10.8 Å². The lowest BCUT2D eigenvalue weighted by Gasteiger charge is -2.04. The Bertz CT molecular complexity index is 1080. The Kier molecular flexibility index (Phi) is 5.11. The summed E-state index contributed by atoms with van der Waals surface area (Å²) < 4.78 is 1.38. The van der Waals surface area contributed by atoms with Crippen molar-refractivity contribution in [2.24, 2.45) is 0 Å². The van der Waals surface area contributed by atoms with Crippen molar-refractivity contribution >= 4 is 22.4 Å². The predicted octanol–water partition coefficient (Wildman–Crippen LogP) is 2.78. The minimum absolute atomic E-state index is 0.265. The van der Waals surface area contributed by atoms with E-state index in [1.807, 2.05) is 18.2 Å². The van der Waals surface area contributed by atoms with Crippen LogP contribution in [0.5, 0.6) is 0 Å². The Morgan fingerprint density at radius 3 is 2.82 bits per heavy atom. The lowest BCUT2D eigenvalue weighted by Crippen LogP contribution is -2.17. The highest BCUT2D eigenvalue weighted by molar-refractivity contribution is 7.16. The maximum atomic E-state index is 12.8.